The van der Waals surface area contributed by atoms with Crippen LogP contribution in [0.25, 0.3) is 0 Å². The molecule has 16 heavy (non-hydrogen) atoms. The number of hydrogen-bond acceptors (Lipinski definition) is 5. The van der Waals surface area contributed by atoms with Crippen molar-refractivity contribution in [3.05, 3.63) is 12.5 Å². The SMILES string of the molecule is COC(=O)C(C)NS(=O)(=O)c1cn(C)cn1. The summed E-state index contributed by atoms with van der Waals surface area (Å²) in [5.41, 5.74) is 0. The van der Waals surface area contributed by atoms with Crippen molar-refractivity contribution in [1.29, 1.82) is 0 Å². The Kier molecular flexibility index (Phi) is 3.66. The first-order valence-corrected chi connectivity index (χ1v) is 5.93. The summed E-state index contributed by atoms with van der Waals surface area (Å²) in [6.07, 6.45) is 2.70. The van der Waals surface area contributed by atoms with Gasteiger partial charge in [0.25, 0.3) is 10.0 Å². The lowest BCUT2D eigenvalue weighted by Crippen LogP contribution is -2.39. The lowest BCUT2D eigenvalue weighted by molar-refractivity contribution is -0.142. The van der Waals surface area contributed by atoms with E-state index in [1.54, 1.807) is 7.05 Å². The highest BCUT2D eigenvalue weighted by Crippen LogP contribution is 2.05. The largest absolute Gasteiger partial charge is 0.468 e. The number of esters is 1. The van der Waals surface area contributed by atoms with Gasteiger partial charge in [0.1, 0.15) is 6.04 Å². The smallest absolute Gasteiger partial charge is 0.323 e. The third-order valence-electron chi connectivity index (χ3n) is 1.84. The second kappa shape index (κ2) is 4.62. The number of imidazole rings is 1. The molecular weight excluding hydrogens is 234 g/mol. The number of nitrogens with one attached hydrogen (secondary N) is 1. The van der Waals surface area contributed by atoms with E-state index in [1.165, 1.54) is 31.1 Å². The van der Waals surface area contributed by atoms with Gasteiger partial charge in [0.2, 0.25) is 0 Å². The maximum atomic E-state index is 11.7. The molecule has 0 spiro atoms. The minimum Gasteiger partial charge on any atom is -0.468 e. The quantitative estimate of drug-likeness (QED) is 0.708. The van der Waals surface area contributed by atoms with E-state index in [-0.39, 0.29) is 5.03 Å². The third kappa shape index (κ3) is 2.80. The number of aromatic nitrogens is 2. The van der Waals surface area contributed by atoms with Gasteiger partial charge in [0.15, 0.2) is 5.03 Å². The van der Waals surface area contributed by atoms with Crippen LogP contribution in [0.3, 0.4) is 0 Å². The van der Waals surface area contributed by atoms with Crippen LogP contribution in [-0.2, 0) is 26.6 Å². The van der Waals surface area contributed by atoms with E-state index in [9.17, 15) is 13.2 Å². The summed E-state index contributed by atoms with van der Waals surface area (Å²) in [5, 5.41) is -0.134. The number of hydrogen-bond donors (Lipinski definition) is 1. The van der Waals surface area contributed by atoms with Gasteiger partial charge >= 0.3 is 5.97 Å². The molecule has 0 aliphatic carbocycles. The fraction of sp³-hybridized carbons (Fsp3) is 0.500. The molecule has 1 aromatic rings. The Morgan fingerprint density at radius 3 is 2.69 bits per heavy atom. The van der Waals surface area contributed by atoms with Crippen molar-refractivity contribution >= 4 is 16.0 Å². The zero-order valence-corrected chi connectivity index (χ0v) is 9.98. The summed E-state index contributed by atoms with van der Waals surface area (Å²) in [6.45, 7) is 1.40. The molecule has 0 saturated heterocycles. The van der Waals surface area contributed by atoms with E-state index in [4.69, 9.17) is 0 Å². The van der Waals surface area contributed by atoms with Crippen LogP contribution in [-0.4, -0.2) is 37.1 Å². The minimum absolute atomic E-state index is 0.134. The third-order valence-corrected chi connectivity index (χ3v) is 3.27. The molecule has 1 unspecified atom stereocenters. The summed E-state index contributed by atoms with van der Waals surface area (Å²) in [5.74, 6) is -0.653. The molecule has 0 radical (unpaired) electrons. The number of rotatable bonds is 4. The Bertz CT molecular complexity index is 479. The first kappa shape index (κ1) is 12.7. The molecule has 0 amide bonds. The van der Waals surface area contributed by atoms with Crippen LogP contribution in [0.2, 0.25) is 0 Å². The Balaban J connectivity index is 2.84. The van der Waals surface area contributed by atoms with Crippen molar-refractivity contribution in [2.75, 3.05) is 7.11 Å². The highest BCUT2D eigenvalue weighted by Gasteiger charge is 2.23. The summed E-state index contributed by atoms with van der Waals surface area (Å²) in [6, 6.07) is -0.947. The van der Waals surface area contributed by atoms with E-state index in [0.717, 1.165) is 0 Å². The molecule has 8 heteroatoms. The molecule has 0 aliphatic rings. The second-order valence-electron chi connectivity index (χ2n) is 3.24. The highest BCUT2D eigenvalue weighted by atomic mass is 32.2. The van der Waals surface area contributed by atoms with Crippen LogP contribution < -0.4 is 4.72 Å². The number of nitrogens with zero attached hydrogens (tertiary/aromatic N) is 2. The molecule has 1 heterocycles. The first-order valence-electron chi connectivity index (χ1n) is 4.45. The van der Waals surface area contributed by atoms with Gasteiger partial charge in [-0.1, -0.05) is 0 Å². The molecule has 0 fully saturated rings. The van der Waals surface area contributed by atoms with Crippen molar-refractivity contribution in [2.45, 2.75) is 18.0 Å². The Labute approximate surface area is 93.5 Å². The molecule has 90 valence electrons. The topological polar surface area (TPSA) is 90.3 Å². The van der Waals surface area contributed by atoms with Gasteiger partial charge in [-0.15, -0.1) is 0 Å². The predicted octanol–water partition coefficient (Wildman–Crippen LogP) is -0.740. The summed E-state index contributed by atoms with van der Waals surface area (Å²) in [4.78, 5) is 14.7. The zero-order chi connectivity index (χ0) is 12.3. The van der Waals surface area contributed by atoms with Crippen molar-refractivity contribution in [3.63, 3.8) is 0 Å². The van der Waals surface area contributed by atoms with E-state index in [2.05, 4.69) is 14.4 Å². The number of aryl methyl sites for hydroxylation is 1. The number of methoxy groups -OCH3 is 1. The van der Waals surface area contributed by atoms with Crippen LogP contribution in [0, 0.1) is 0 Å². The Morgan fingerprint density at radius 1 is 1.62 bits per heavy atom. The summed E-state index contributed by atoms with van der Waals surface area (Å²) >= 11 is 0. The monoisotopic (exact) mass is 247 g/mol. The van der Waals surface area contributed by atoms with E-state index < -0.39 is 22.0 Å². The predicted molar refractivity (Wildman–Crippen MR) is 55.0 cm³/mol. The summed E-state index contributed by atoms with van der Waals surface area (Å²) in [7, 11) is -0.940. The van der Waals surface area contributed by atoms with E-state index in [0.29, 0.717) is 0 Å². The molecule has 1 N–H and O–H groups in total. The minimum atomic E-state index is -3.78. The van der Waals surface area contributed by atoms with Gasteiger partial charge < -0.3 is 9.30 Å². The van der Waals surface area contributed by atoms with Crippen LogP contribution in [0.15, 0.2) is 17.6 Å². The fourth-order valence-electron chi connectivity index (χ4n) is 1.05. The van der Waals surface area contributed by atoms with E-state index >= 15 is 0 Å². The molecule has 0 saturated carbocycles. The average Bonchev–Trinajstić information content (AvgIpc) is 2.63. The van der Waals surface area contributed by atoms with Gasteiger partial charge in [-0.25, -0.2) is 13.4 Å². The molecule has 0 bridgehead atoms. The summed E-state index contributed by atoms with van der Waals surface area (Å²) < 4.78 is 31.4. The Morgan fingerprint density at radius 2 is 2.25 bits per heavy atom. The van der Waals surface area contributed by atoms with E-state index in [1.807, 2.05) is 0 Å². The highest BCUT2D eigenvalue weighted by molar-refractivity contribution is 7.89. The van der Waals surface area contributed by atoms with Gasteiger partial charge in [0.05, 0.1) is 13.4 Å². The molecule has 0 aromatic carbocycles. The van der Waals surface area contributed by atoms with Crippen molar-refractivity contribution in [3.8, 4) is 0 Å². The Hall–Kier alpha value is -1.41. The maximum Gasteiger partial charge on any atom is 0.323 e. The zero-order valence-electron chi connectivity index (χ0n) is 9.17. The van der Waals surface area contributed by atoms with Gasteiger partial charge in [0, 0.05) is 13.2 Å². The number of carbonyl (C=O) groups excluding carboxylic acids is 1. The maximum absolute atomic E-state index is 11.7. The second-order valence-corrected chi connectivity index (χ2v) is 4.90. The standard InChI is InChI=1S/C8H13N3O4S/c1-6(8(12)15-3)10-16(13,14)7-4-11(2)5-9-7/h4-6,10H,1-3H3. The average molecular weight is 247 g/mol. The molecule has 1 aromatic heterocycles. The van der Waals surface area contributed by atoms with Crippen molar-refractivity contribution < 1.29 is 17.9 Å². The van der Waals surface area contributed by atoms with Gasteiger partial charge in [-0.05, 0) is 6.92 Å². The molecule has 1 atom stereocenters. The van der Waals surface area contributed by atoms with Crippen molar-refractivity contribution in [1.82, 2.24) is 14.3 Å². The van der Waals surface area contributed by atoms with Crippen LogP contribution in [0.5, 0.6) is 0 Å². The lowest BCUT2D eigenvalue weighted by Gasteiger charge is -2.10. The molecule has 7 nitrogen and oxygen atoms in total. The van der Waals surface area contributed by atoms with Crippen LogP contribution >= 0.6 is 0 Å². The molecule has 1 rings (SSSR count). The fourth-order valence-corrected chi connectivity index (χ4v) is 2.22. The first-order chi connectivity index (χ1) is 7.36. The van der Waals surface area contributed by atoms with Crippen LogP contribution in [0.4, 0.5) is 0 Å². The molecular formula is C8H13N3O4S. The number of sulfonamides is 1. The number of carbonyl (C=O) groups is 1. The van der Waals surface area contributed by atoms with Gasteiger partial charge in [-0.2, -0.15) is 4.72 Å². The molecule has 0 aliphatic heterocycles. The lowest BCUT2D eigenvalue weighted by atomic mass is 10.4. The normalized spacial score (nSPS) is 13.4. The van der Waals surface area contributed by atoms with Gasteiger partial charge in [-0.3, -0.25) is 4.79 Å². The van der Waals surface area contributed by atoms with Crippen LogP contribution in [0.1, 0.15) is 6.92 Å². The number of ether oxygens (including phenoxy) is 1. The van der Waals surface area contributed by atoms with Crippen molar-refractivity contribution in [2.24, 2.45) is 7.05 Å².